The van der Waals surface area contributed by atoms with Gasteiger partial charge in [0.15, 0.2) is 0 Å². The van der Waals surface area contributed by atoms with Crippen molar-refractivity contribution in [1.82, 2.24) is 0 Å². The van der Waals surface area contributed by atoms with E-state index in [-0.39, 0.29) is 0 Å². The van der Waals surface area contributed by atoms with Gasteiger partial charge in [0.2, 0.25) is 0 Å². The van der Waals surface area contributed by atoms with E-state index in [1.807, 2.05) is 0 Å². The summed E-state index contributed by atoms with van der Waals surface area (Å²) in [6.07, 6.45) is 44.8. The van der Waals surface area contributed by atoms with Gasteiger partial charge in [-0.15, -0.1) is 0 Å². The van der Waals surface area contributed by atoms with Crippen molar-refractivity contribution in [3.05, 3.63) is 29.3 Å². The highest BCUT2D eigenvalue weighted by molar-refractivity contribution is 5.57. The van der Waals surface area contributed by atoms with Crippen molar-refractivity contribution in [3.63, 3.8) is 0 Å². The van der Waals surface area contributed by atoms with E-state index < -0.39 is 0 Å². The molecule has 1 heteroatoms. The molecule has 0 aromatic heterocycles. The van der Waals surface area contributed by atoms with E-state index in [2.05, 4.69) is 50.8 Å². The first-order valence-corrected chi connectivity index (χ1v) is 21.1. The number of hydrogen-bond donors (Lipinski definition) is 0. The summed E-state index contributed by atoms with van der Waals surface area (Å²) in [4.78, 5) is 2.86. The second kappa shape index (κ2) is 32.9. The fourth-order valence-electron chi connectivity index (χ4n) is 7.20. The molecule has 0 N–H and O–H groups in total. The minimum absolute atomic E-state index is 1.26. The van der Waals surface area contributed by atoms with E-state index in [0.717, 1.165) is 0 Å². The van der Waals surface area contributed by atoms with Crippen LogP contribution in [0.1, 0.15) is 231 Å². The second-order valence-electron chi connectivity index (χ2n) is 14.6. The Morgan fingerprint density at radius 3 is 1.09 bits per heavy atom. The minimum atomic E-state index is 1.26. The largest absolute Gasteiger partial charge is 0.371 e. The molecule has 0 unspecified atom stereocenters. The Morgan fingerprint density at radius 2 is 0.689 bits per heavy atom. The number of nitrogens with zero attached hydrogens (tertiary/aromatic N) is 1. The summed E-state index contributed by atoms with van der Waals surface area (Å²) in [7, 11) is 0. The van der Waals surface area contributed by atoms with Gasteiger partial charge in [0.1, 0.15) is 0 Å². The van der Waals surface area contributed by atoms with Crippen LogP contribution >= 0.6 is 0 Å². The molecule has 0 spiro atoms. The Morgan fingerprint density at radius 1 is 0.356 bits per heavy atom. The third-order valence-corrected chi connectivity index (χ3v) is 10.2. The maximum Gasteiger partial charge on any atom is 0.0401 e. The summed E-state index contributed by atoms with van der Waals surface area (Å²) in [5.74, 6) is 0. The number of aryl methyl sites for hydroxylation is 1. The fourth-order valence-corrected chi connectivity index (χ4v) is 7.20. The van der Waals surface area contributed by atoms with E-state index in [1.165, 1.54) is 219 Å². The van der Waals surface area contributed by atoms with Crippen LogP contribution in [0, 0.1) is 0 Å². The van der Waals surface area contributed by atoms with Gasteiger partial charge in [-0.25, -0.2) is 0 Å². The molecule has 0 saturated heterocycles. The molecule has 0 radical (unpaired) electrons. The molecule has 0 heterocycles. The molecule has 0 aliphatic carbocycles. The van der Waals surface area contributed by atoms with Gasteiger partial charge in [-0.1, -0.05) is 207 Å². The van der Waals surface area contributed by atoms with Crippen molar-refractivity contribution in [3.8, 4) is 0 Å². The molecule has 45 heavy (non-hydrogen) atoms. The third kappa shape index (κ3) is 23.9. The molecule has 0 atom stereocenters. The molecule has 0 aliphatic heterocycles. The van der Waals surface area contributed by atoms with Crippen molar-refractivity contribution in [2.45, 2.75) is 233 Å². The predicted molar refractivity (Wildman–Crippen MR) is 207 cm³/mol. The molecule has 0 fully saturated rings. The monoisotopic (exact) mass is 626 g/mol. The highest BCUT2D eigenvalue weighted by atomic mass is 15.1. The highest BCUT2D eigenvalue weighted by Crippen LogP contribution is 2.29. The lowest BCUT2D eigenvalue weighted by Gasteiger charge is -2.29. The molecule has 264 valence electrons. The molecule has 0 aliphatic rings. The zero-order chi connectivity index (χ0) is 32.5. The molecular weight excluding hydrogens is 542 g/mol. The third-order valence-electron chi connectivity index (χ3n) is 10.2. The van der Waals surface area contributed by atoms with Crippen LogP contribution in [0.2, 0.25) is 0 Å². The zero-order valence-corrected chi connectivity index (χ0v) is 31.7. The van der Waals surface area contributed by atoms with Crippen molar-refractivity contribution >= 4 is 5.69 Å². The quantitative estimate of drug-likeness (QED) is 0.0678. The topological polar surface area (TPSA) is 3.24 Å². The van der Waals surface area contributed by atoms with E-state index in [4.69, 9.17) is 0 Å². The smallest absolute Gasteiger partial charge is 0.0401 e. The average molecular weight is 626 g/mol. The van der Waals surface area contributed by atoms with E-state index in [1.54, 1.807) is 16.8 Å². The van der Waals surface area contributed by atoms with E-state index in [0.29, 0.717) is 0 Å². The summed E-state index contributed by atoms with van der Waals surface area (Å²) in [6, 6.07) is 7.43. The van der Waals surface area contributed by atoms with Crippen LogP contribution in [0.4, 0.5) is 5.69 Å². The van der Waals surface area contributed by atoms with Gasteiger partial charge in [0, 0.05) is 18.8 Å². The van der Waals surface area contributed by atoms with Crippen LogP contribution < -0.4 is 4.90 Å². The maximum absolute atomic E-state index is 2.86. The van der Waals surface area contributed by atoms with Gasteiger partial charge in [-0.2, -0.15) is 0 Å². The van der Waals surface area contributed by atoms with Gasteiger partial charge in [-0.05, 0) is 55.7 Å². The van der Waals surface area contributed by atoms with Gasteiger partial charge in [0.25, 0.3) is 0 Å². The molecule has 1 rings (SSSR count). The summed E-state index contributed by atoms with van der Waals surface area (Å²) >= 11 is 0. The Bertz CT molecular complexity index is 704. The van der Waals surface area contributed by atoms with Gasteiger partial charge >= 0.3 is 0 Å². The molecular formula is C44H83N. The van der Waals surface area contributed by atoms with Crippen LogP contribution in [-0.4, -0.2) is 13.1 Å². The summed E-state index contributed by atoms with van der Waals surface area (Å²) in [6.45, 7) is 11.8. The van der Waals surface area contributed by atoms with E-state index in [9.17, 15) is 0 Å². The Labute approximate surface area is 285 Å². The lowest BCUT2D eigenvalue weighted by atomic mass is 9.94. The van der Waals surface area contributed by atoms with Gasteiger partial charge in [-0.3, -0.25) is 0 Å². The van der Waals surface area contributed by atoms with Gasteiger partial charge < -0.3 is 4.90 Å². The molecule has 0 bridgehead atoms. The van der Waals surface area contributed by atoms with Crippen LogP contribution in [0.3, 0.4) is 0 Å². The number of benzene rings is 1. The van der Waals surface area contributed by atoms with Gasteiger partial charge in [0.05, 0.1) is 0 Å². The van der Waals surface area contributed by atoms with Crippen LogP contribution in [0.25, 0.3) is 0 Å². The number of unbranched alkanes of at least 4 members (excludes halogenated alkanes) is 26. The maximum atomic E-state index is 2.86. The first kappa shape index (κ1) is 42.0. The zero-order valence-electron chi connectivity index (χ0n) is 31.7. The number of anilines is 1. The van der Waals surface area contributed by atoms with Crippen LogP contribution in [0.5, 0.6) is 0 Å². The fraction of sp³-hybridized carbons (Fsp3) is 0.864. The molecule has 1 nitrogen and oxygen atoms in total. The lowest BCUT2D eigenvalue weighted by molar-refractivity contribution is 0.554. The highest BCUT2D eigenvalue weighted by Gasteiger charge is 2.15. The molecule has 1 aromatic carbocycles. The molecule has 1 aromatic rings. The minimum Gasteiger partial charge on any atom is -0.371 e. The summed E-state index contributed by atoms with van der Waals surface area (Å²) in [5, 5.41) is 0. The summed E-state index contributed by atoms with van der Waals surface area (Å²) < 4.78 is 0. The Kier molecular flexibility index (Phi) is 30.8. The van der Waals surface area contributed by atoms with Crippen molar-refractivity contribution in [2.24, 2.45) is 0 Å². The average Bonchev–Trinajstić information content (AvgIpc) is 3.05. The molecule has 0 saturated carbocycles. The second-order valence-corrected chi connectivity index (χ2v) is 14.6. The van der Waals surface area contributed by atoms with Crippen molar-refractivity contribution in [1.29, 1.82) is 0 Å². The van der Waals surface area contributed by atoms with Crippen LogP contribution in [-0.2, 0) is 12.8 Å². The molecule has 0 amide bonds. The van der Waals surface area contributed by atoms with E-state index >= 15 is 0 Å². The standard InChI is InChI=1S/C44H83N/c1-5-9-13-17-21-25-29-33-40-45(41-34-30-26-22-18-14-10-6-2)44-39-35-37-42(36-31-27-23-19-15-11-7-3)43(44)38-32-28-24-20-16-12-8-4/h35,37,39H,5-34,36,38,40-41H2,1-4H3. The predicted octanol–water partition coefficient (Wildman–Crippen LogP) is 15.4. The number of rotatable bonds is 35. The lowest BCUT2D eigenvalue weighted by Crippen LogP contribution is -2.27. The Hall–Kier alpha value is -0.980. The van der Waals surface area contributed by atoms with Crippen LogP contribution in [0.15, 0.2) is 18.2 Å². The first-order chi connectivity index (χ1) is 22.3. The Balaban J connectivity index is 2.87. The van der Waals surface area contributed by atoms with Crippen molar-refractivity contribution < 1.29 is 0 Å². The number of hydrogen-bond acceptors (Lipinski definition) is 1. The van der Waals surface area contributed by atoms with Crippen molar-refractivity contribution in [2.75, 3.05) is 18.0 Å². The summed E-state index contributed by atoms with van der Waals surface area (Å²) in [5.41, 5.74) is 5.03. The normalized spacial score (nSPS) is 11.5. The SMILES string of the molecule is CCCCCCCCCCN(CCCCCCCCCC)c1cccc(CCCCCCCCC)c1CCCCCCCCC. The first-order valence-electron chi connectivity index (χ1n) is 21.1.